The van der Waals surface area contributed by atoms with E-state index in [1.165, 1.54) is 35.6 Å². The first kappa shape index (κ1) is 21.9. The number of hydrogen-bond acceptors (Lipinski definition) is 6. The number of nitriles is 1. The van der Waals surface area contributed by atoms with Crippen LogP contribution < -0.4 is 5.32 Å². The summed E-state index contributed by atoms with van der Waals surface area (Å²) in [6.45, 7) is 2.95. The third-order valence-corrected chi connectivity index (χ3v) is 6.89. The Hall–Kier alpha value is -2.44. The molecule has 1 aliphatic rings. The summed E-state index contributed by atoms with van der Waals surface area (Å²) >= 11 is 0. The summed E-state index contributed by atoms with van der Waals surface area (Å²) in [5, 5.41) is 11.9. The lowest BCUT2D eigenvalue weighted by Crippen LogP contribution is -2.46. The van der Waals surface area contributed by atoms with E-state index < -0.39 is 34.0 Å². The van der Waals surface area contributed by atoms with Crippen molar-refractivity contribution in [1.82, 2.24) is 9.62 Å². The zero-order valence-electron chi connectivity index (χ0n) is 16.3. The van der Waals surface area contributed by atoms with Crippen molar-refractivity contribution >= 4 is 21.9 Å². The zero-order chi connectivity index (χ0) is 20.9. The topological polar surface area (TPSA) is 117 Å². The van der Waals surface area contributed by atoms with Gasteiger partial charge in [-0.25, -0.2) is 13.2 Å². The van der Waals surface area contributed by atoms with Crippen LogP contribution in [0.2, 0.25) is 0 Å². The number of carbonyl (C=O) groups excluding carboxylic acids is 2. The zero-order valence-corrected chi connectivity index (χ0v) is 17.1. The Kier molecular flexibility index (Phi) is 6.80. The second kappa shape index (κ2) is 8.71. The van der Waals surface area contributed by atoms with Gasteiger partial charge in [-0.2, -0.15) is 9.57 Å². The summed E-state index contributed by atoms with van der Waals surface area (Å²) in [4.78, 5) is 24.3. The molecule has 0 saturated heterocycles. The van der Waals surface area contributed by atoms with Crippen LogP contribution in [0.25, 0.3) is 0 Å². The maximum atomic E-state index is 12.6. The van der Waals surface area contributed by atoms with Gasteiger partial charge in [0.15, 0.2) is 6.61 Å². The summed E-state index contributed by atoms with van der Waals surface area (Å²) < 4.78 is 31.3. The van der Waals surface area contributed by atoms with Crippen molar-refractivity contribution in [3.63, 3.8) is 0 Å². The maximum Gasteiger partial charge on any atom is 0.338 e. The highest BCUT2D eigenvalue weighted by Crippen LogP contribution is 2.28. The number of amides is 1. The lowest BCUT2D eigenvalue weighted by atomic mass is 10.00. The summed E-state index contributed by atoms with van der Waals surface area (Å²) in [7, 11) is -2.28. The SMILES string of the molecule is CC(C)N(C)S(=O)(=O)c1cccc(C(=O)OCC(=O)NC2(C#N)CCCC2)c1. The molecule has 2 rings (SSSR count). The van der Waals surface area contributed by atoms with Gasteiger partial charge in [-0.15, -0.1) is 0 Å². The van der Waals surface area contributed by atoms with E-state index >= 15 is 0 Å². The van der Waals surface area contributed by atoms with Crippen molar-refractivity contribution in [1.29, 1.82) is 5.26 Å². The van der Waals surface area contributed by atoms with E-state index in [9.17, 15) is 23.3 Å². The number of nitrogens with zero attached hydrogens (tertiary/aromatic N) is 2. The molecule has 1 saturated carbocycles. The van der Waals surface area contributed by atoms with Gasteiger partial charge in [0.05, 0.1) is 16.5 Å². The number of hydrogen-bond donors (Lipinski definition) is 1. The molecule has 8 nitrogen and oxygen atoms in total. The van der Waals surface area contributed by atoms with Crippen molar-refractivity contribution in [2.24, 2.45) is 0 Å². The molecule has 1 N–H and O–H groups in total. The Morgan fingerprint density at radius 3 is 2.54 bits per heavy atom. The molecule has 0 radical (unpaired) electrons. The lowest BCUT2D eigenvalue weighted by Gasteiger charge is -2.22. The second-order valence-electron chi connectivity index (χ2n) is 7.17. The molecule has 9 heteroatoms. The summed E-state index contributed by atoms with van der Waals surface area (Å²) in [5.74, 6) is -1.36. The standard InChI is InChI=1S/C19H25N3O5S/c1-14(2)22(3)28(25,26)16-8-6-7-15(11-16)18(24)27-12-17(23)21-19(13-20)9-4-5-10-19/h6-8,11,14H,4-5,9-10,12H2,1-3H3,(H,21,23). The molecule has 0 bridgehead atoms. The van der Waals surface area contributed by atoms with Gasteiger partial charge in [-0.1, -0.05) is 6.07 Å². The van der Waals surface area contributed by atoms with E-state index in [4.69, 9.17) is 4.74 Å². The van der Waals surface area contributed by atoms with Crippen LogP contribution in [0.5, 0.6) is 0 Å². The molecule has 28 heavy (non-hydrogen) atoms. The average Bonchev–Trinajstić information content (AvgIpc) is 3.14. The van der Waals surface area contributed by atoms with Crippen molar-refractivity contribution < 1.29 is 22.7 Å². The quantitative estimate of drug-likeness (QED) is 0.689. The Morgan fingerprint density at radius 2 is 1.96 bits per heavy atom. The number of ether oxygens (including phenoxy) is 1. The van der Waals surface area contributed by atoms with Crippen molar-refractivity contribution in [2.45, 2.75) is 56.0 Å². The highest BCUT2D eigenvalue weighted by Gasteiger charge is 2.35. The fourth-order valence-electron chi connectivity index (χ4n) is 2.99. The van der Waals surface area contributed by atoms with Gasteiger partial charge in [0, 0.05) is 13.1 Å². The van der Waals surface area contributed by atoms with Gasteiger partial charge in [0.25, 0.3) is 5.91 Å². The second-order valence-corrected chi connectivity index (χ2v) is 9.17. The Bertz CT molecular complexity index is 883. The molecule has 1 aromatic rings. The van der Waals surface area contributed by atoms with Gasteiger partial charge in [-0.05, 0) is 57.7 Å². The third kappa shape index (κ3) is 4.88. The van der Waals surface area contributed by atoms with Gasteiger partial charge in [-0.3, -0.25) is 4.79 Å². The van der Waals surface area contributed by atoms with E-state index in [1.807, 2.05) is 0 Å². The van der Waals surface area contributed by atoms with Gasteiger partial charge >= 0.3 is 5.97 Å². The maximum absolute atomic E-state index is 12.6. The third-order valence-electron chi connectivity index (χ3n) is 4.86. The normalized spacial score (nSPS) is 16.0. The first-order chi connectivity index (χ1) is 13.1. The molecule has 1 aromatic carbocycles. The molecule has 0 unspecified atom stereocenters. The van der Waals surface area contributed by atoms with Crippen molar-refractivity contribution in [3.05, 3.63) is 29.8 Å². The number of nitrogens with one attached hydrogen (secondary N) is 1. The minimum atomic E-state index is -3.74. The van der Waals surface area contributed by atoms with Gasteiger partial charge in [0.2, 0.25) is 10.0 Å². The van der Waals surface area contributed by atoms with Crippen LogP contribution in [0.1, 0.15) is 49.9 Å². The van der Waals surface area contributed by atoms with E-state index in [0.29, 0.717) is 12.8 Å². The van der Waals surface area contributed by atoms with E-state index in [1.54, 1.807) is 13.8 Å². The Balaban J connectivity index is 2.03. The Morgan fingerprint density at radius 1 is 1.32 bits per heavy atom. The van der Waals surface area contributed by atoms with Crippen LogP contribution in [0.15, 0.2) is 29.2 Å². The largest absolute Gasteiger partial charge is 0.452 e. The number of sulfonamides is 1. The smallest absolute Gasteiger partial charge is 0.338 e. The molecule has 1 fully saturated rings. The van der Waals surface area contributed by atoms with E-state index in [2.05, 4.69) is 11.4 Å². The fourth-order valence-corrected chi connectivity index (χ4v) is 4.40. The highest BCUT2D eigenvalue weighted by atomic mass is 32.2. The molecule has 0 heterocycles. The van der Waals surface area contributed by atoms with E-state index in [-0.39, 0.29) is 16.5 Å². The predicted octanol–water partition coefficient (Wildman–Crippen LogP) is 1.82. The first-order valence-corrected chi connectivity index (χ1v) is 10.5. The van der Waals surface area contributed by atoms with Crippen LogP contribution in [0, 0.1) is 11.3 Å². The number of esters is 1. The molecule has 152 valence electrons. The molecule has 1 amide bonds. The Labute approximate surface area is 165 Å². The van der Waals surface area contributed by atoms with Crippen LogP contribution >= 0.6 is 0 Å². The molecule has 0 spiro atoms. The number of benzene rings is 1. The monoisotopic (exact) mass is 407 g/mol. The minimum Gasteiger partial charge on any atom is -0.452 e. The van der Waals surface area contributed by atoms with Crippen LogP contribution in [0.4, 0.5) is 0 Å². The summed E-state index contributed by atoms with van der Waals surface area (Å²) in [5.41, 5.74) is -0.860. The van der Waals surface area contributed by atoms with Gasteiger partial charge < -0.3 is 10.1 Å². The number of carbonyl (C=O) groups is 2. The highest BCUT2D eigenvalue weighted by molar-refractivity contribution is 7.89. The molecular weight excluding hydrogens is 382 g/mol. The first-order valence-electron chi connectivity index (χ1n) is 9.09. The number of rotatable bonds is 7. The molecule has 0 aromatic heterocycles. The van der Waals surface area contributed by atoms with Crippen LogP contribution in [0.3, 0.4) is 0 Å². The summed E-state index contributed by atoms with van der Waals surface area (Å²) in [6.07, 6.45) is 2.87. The van der Waals surface area contributed by atoms with Crippen molar-refractivity contribution in [2.75, 3.05) is 13.7 Å². The minimum absolute atomic E-state index is 0.0295. The fraction of sp³-hybridized carbons (Fsp3) is 0.526. The van der Waals surface area contributed by atoms with Crippen LogP contribution in [-0.4, -0.2) is 49.8 Å². The molecular formula is C19H25N3O5S. The van der Waals surface area contributed by atoms with Crippen molar-refractivity contribution in [3.8, 4) is 6.07 Å². The van der Waals surface area contributed by atoms with Gasteiger partial charge in [0.1, 0.15) is 5.54 Å². The lowest BCUT2D eigenvalue weighted by molar-refractivity contribution is -0.125. The van der Waals surface area contributed by atoms with E-state index in [0.717, 1.165) is 12.8 Å². The summed E-state index contributed by atoms with van der Waals surface area (Å²) in [6, 6.07) is 7.37. The molecule has 1 aliphatic carbocycles. The molecule has 0 atom stereocenters. The molecule has 0 aliphatic heterocycles. The van der Waals surface area contributed by atoms with Crippen LogP contribution in [-0.2, 0) is 19.6 Å². The average molecular weight is 407 g/mol. The predicted molar refractivity (Wildman–Crippen MR) is 102 cm³/mol.